The molecule has 31 heavy (non-hydrogen) atoms. The Balaban J connectivity index is 1.92. The molecule has 1 aliphatic rings. The summed E-state index contributed by atoms with van der Waals surface area (Å²) in [6.45, 7) is 1.93. The molecule has 9 heteroatoms. The monoisotopic (exact) mass is 459 g/mol. The molecule has 1 amide bonds. The van der Waals surface area contributed by atoms with E-state index in [-0.39, 0.29) is 16.9 Å². The Morgan fingerprint density at radius 3 is 2.42 bits per heavy atom. The zero-order valence-corrected chi connectivity index (χ0v) is 19.1. The molecule has 1 aromatic heterocycles. The standard InChI is InChI=1S/C22H22ClN3O4S/c1-12-18-21(15-9-10-16(28-2)20(30-4)19(15)29-3)31-11-17(27)24-22(18)26(25-12)14-7-5-13(23)6-8-14/h5-10,21H,11H2,1-4H3,(H,24,27)/t21-/m0/s1. The van der Waals surface area contributed by atoms with E-state index in [2.05, 4.69) is 5.32 Å². The molecule has 1 N–H and O–H groups in total. The van der Waals surface area contributed by atoms with Crippen LogP contribution in [-0.2, 0) is 4.79 Å². The second-order valence-corrected chi connectivity index (χ2v) is 8.43. The molecule has 4 rings (SSSR count). The van der Waals surface area contributed by atoms with E-state index in [1.165, 1.54) is 11.8 Å². The maximum Gasteiger partial charge on any atom is 0.235 e. The average molecular weight is 460 g/mol. The van der Waals surface area contributed by atoms with Gasteiger partial charge in [-0.3, -0.25) is 4.79 Å². The number of hydrogen-bond donors (Lipinski definition) is 1. The molecule has 0 fully saturated rings. The minimum absolute atomic E-state index is 0.0942. The van der Waals surface area contributed by atoms with Crippen LogP contribution in [0.5, 0.6) is 17.2 Å². The number of nitrogens with zero attached hydrogens (tertiary/aromatic N) is 2. The lowest BCUT2D eigenvalue weighted by molar-refractivity contribution is -0.113. The van der Waals surface area contributed by atoms with Crippen LogP contribution >= 0.6 is 23.4 Å². The number of carbonyl (C=O) groups is 1. The van der Waals surface area contributed by atoms with E-state index in [1.54, 1.807) is 38.1 Å². The van der Waals surface area contributed by atoms with Gasteiger partial charge in [0.2, 0.25) is 11.7 Å². The number of methoxy groups -OCH3 is 3. The summed E-state index contributed by atoms with van der Waals surface area (Å²) in [4.78, 5) is 12.6. The Bertz CT molecular complexity index is 1130. The molecule has 0 saturated carbocycles. The molecule has 0 radical (unpaired) electrons. The van der Waals surface area contributed by atoms with E-state index in [0.717, 1.165) is 22.5 Å². The lowest BCUT2D eigenvalue weighted by atomic mass is 10.0. The van der Waals surface area contributed by atoms with Gasteiger partial charge >= 0.3 is 0 Å². The minimum atomic E-state index is -0.204. The van der Waals surface area contributed by atoms with Gasteiger partial charge in [0.05, 0.1) is 43.7 Å². The summed E-state index contributed by atoms with van der Waals surface area (Å²) >= 11 is 7.56. The third-order valence-corrected chi connectivity index (χ3v) is 6.60. The van der Waals surface area contributed by atoms with Crippen molar-refractivity contribution in [3.8, 4) is 22.9 Å². The number of aromatic nitrogens is 2. The number of anilines is 1. The zero-order valence-electron chi connectivity index (χ0n) is 17.6. The van der Waals surface area contributed by atoms with Crippen LogP contribution in [0.15, 0.2) is 36.4 Å². The van der Waals surface area contributed by atoms with Gasteiger partial charge in [-0.25, -0.2) is 4.68 Å². The van der Waals surface area contributed by atoms with E-state index < -0.39 is 0 Å². The smallest absolute Gasteiger partial charge is 0.235 e. The molecule has 0 bridgehead atoms. The summed E-state index contributed by atoms with van der Waals surface area (Å²) in [5.41, 5.74) is 3.40. The summed E-state index contributed by atoms with van der Waals surface area (Å²) in [6, 6.07) is 11.1. The Labute approximate surface area is 189 Å². The number of benzene rings is 2. The Kier molecular flexibility index (Phi) is 6.02. The van der Waals surface area contributed by atoms with E-state index in [0.29, 0.717) is 28.1 Å². The first-order valence-corrected chi connectivity index (χ1v) is 11.0. The lowest BCUT2D eigenvalue weighted by Crippen LogP contribution is -2.15. The van der Waals surface area contributed by atoms with Crippen molar-refractivity contribution < 1.29 is 19.0 Å². The molecule has 0 unspecified atom stereocenters. The van der Waals surface area contributed by atoms with Crippen LogP contribution < -0.4 is 19.5 Å². The molecular weight excluding hydrogens is 438 g/mol. The minimum Gasteiger partial charge on any atom is -0.493 e. The van der Waals surface area contributed by atoms with Crippen molar-refractivity contribution in [2.45, 2.75) is 12.2 Å². The number of amides is 1. The summed E-state index contributed by atoms with van der Waals surface area (Å²) in [6.07, 6.45) is 0. The van der Waals surface area contributed by atoms with Gasteiger partial charge in [-0.1, -0.05) is 11.6 Å². The van der Waals surface area contributed by atoms with Crippen LogP contribution in [0.4, 0.5) is 5.82 Å². The first-order valence-electron chi connectivity index (χ1n) is 9.54. The molecule has 3 aromatic rings. The summed E-state index contributed by atoms with van der Waals surface area (Å²) in [5, 5.41) is 8.18. The van der Waals surface area contributed by atoms with Gasteiger partial charge in [-0.05, 0) is 43.3 Å². The van der Waals surface area contributed by atoms with Gasteiger partial charge in [-0.2, -0.15) is 5.10 Å². The number of halogens is 1. The van der Waals surface area contributed by atoms with Gasteiger partial charge < -0.3 is 19.5 Å². The Morgan fingerprint density at radius 2 is 1.77 bits per heavy atom. The number of rotatable bonds is 5. The summed E-state index contributed by atoms with van der Waals surface area (Å²) in [5.74, 6) is 2.48. The maximum absolute atomic E-state index is 12.6. The van der Waals surface area contributed by atoms with Crippen molar-refractivity contribution in [2.24, 2.45) is 0 Å². The van der Waals surface area contributed by atoms with Crippen molar-refractivity contribution in [1.82, 2.24) is 9.78 Å². The highest BCUT2D eigenvalue weighted by Gasteiger charge is 2.33. The zero-order chi connectivity index (χ0) is 22.1. The third-order valence-electron chi connectivity index (χ3n) is 5.10. The normalized spacial score (nSPS) is 15.6. The predicted octanol–water partition coefficient (Wildman–Crippen LogP) is 4.63. The number of thioether (sulfide) groups is 1. The molecular formula is C22H22ClN3O4S. The predicted molar refractivity (Wildman–Crippen MR) is 122 cm³/mol. The van der Waals surface area contributed by atoms with E-state index in [9.17, 15) is 4.79 Å². The maximum atomic E-state index is 12.6. The van der Waals surface area contributed by atoms with Crippen LogP contribution in [0, 0.1) is 6.92 Å². The molecule has 0 aliphatic carbocycles. The molecule has 162 valence electrons. The van der Waals surface area contributed by atoms with Crippen molar-refractivity contribution in [1.29, 1.82) is 0 Å². The van der Waals surface area contributed by atoms with Crippen LogP contribution in [-0.4, -0.2) is 42.8 Å². The van der Waals surface area contributed by atoms with Gasteiger partial charge in [0.1, 0.15) is 5.82 Å². The largest absolute Gasteiger partial charge is 0.493 e. The summed E-state index contributed by atoms with van der Waals surface area (Å²) < 4.78 is 18.5. The highest BCUT2D eigenvalue weighted by Crippen LogP contribution is 2.50. The van der Waals surface area contributed by atoms with Crippen LogP contribution in [0.1, 0.15) is 22.1 Å². The Hall–Kier alpha value is -2.84. The lowest BCUT2D eigenvalue weighted by Gasteiger charge is -2.21. The second kappa shape index (κ2) is 8.72. The third kappa shape index (κ3) is 3.81. The second-order valence-electron chi connectivity index (χ2n) is 6.90. The van der Waals surface area contributed by atoms with Crippen LogP contribution in [0.3, 0.4) is 0 Å². The molecule has 2 heterocycles. The fourth-order valence-electron chi connectivity index (χ4n) is 3.73. The SMILES string of the molecule is COc1ccc([C@@H]2SCC(=O)Nc3c2c(C)nn3-c2ccc(Cl)cc2)c(OC)c1OC. The van der Waals surface area contributed by atoms with Gasteiger partial charge in [-0.15, -0.1) is 11.8 Å². The van der Waals surface area contributed by atoms with E-state index >= 15 is 0 Å². The fourth-order valence-corrected chi connectivity index (χ4v) is 5.06. The molecule has 1 atom stereocenters. The number of fused-ring (bicyclic) bond motifs is 1. The van der Waals surface area contributed by atoms with Crippen molar-refractivity contribution >= 4 is 35.1 Å². The highest BCUT2D eigenvalue weighted by molar-refractivity contribution is 8.00. The fraction of sp³-hybridized carbons (Fsp3) is 0.273. The first kappa shape index (κ1) is 21.4. The number of carbonyl (C=O) groups excluding carboxylic acids is 1. The molecule has 2 aromatic carbocycles. The number of nitrogens with one attached hydrogen (secondary N) is 1. The molecule has 0 saturated heterocycles. The number of hydrogen-bond acceptors (Lipinski definition) is 6. The van der Waals surface area contributed by atoms with Crippen molar-refractivity contribution in [2.75, 3.05) is 32.4 Å². The van der Waals surface area contributed by atoms with E-state index in [1.807, 2.05) is 31.2 Å². The van der Waals surface area contributed by atoms with Gasteiger partial charge in [0.15, 0.2) is 11.5 Å². The number of ether oxygens (including phenoxy) is 3. The van der Waals surface area contributed by atoms with Crippen molar-refractivity contribution in [3.63, 3.8) is 0 Å². The highest BCUT2D eigenvalue weighted by atomic mass is 35.5. The first-order chi connectivity index (χ1) is 15.0. The molecule has 7 nitrogen and oxygen atoms in total. The molecule has 0 spiro atoms. The number of aryl methyl sites for hydroxylation is 1. The average Bonchev–Trinajstić information content (AvgIpc) is 2.98. The topological polar surface area (TPSA) is 74.6 Å². The summed E-state index contributed by atoms with van der Waals surface area (Å²) in [7, 11) is 4.75. The van der Waals surface area contributed by atoms with Crippen LogP contribution in [0.25, 0.3) is 5.69 Å². The van der Waals surface area contributed by atoms with Gasteiger partial charge in [0, 0.05) is 16.1 Å². The Morgan fingerprint density at radius 1 is 1.06 bits per heavy atom. The van der Waals surface area contributed by atoms with Crippen LogP contribution in [0.2, 0.25) is 5.02 Å². The quantitative estimate of drug-likeness (QED) is 0.599. The van der Waals surface area contributed by atoms with Crippen molar-refractivity contribution in [3.05, 3.63) is 58.2 Å². The van der Waals surface area contributed by atoms with Gasteiger partial charge in [0.25, 0.3) is 0 Å². The molecule has 1 aliphatic heterocycles. The van der Waals surface area contributed by atoms with E-state index in [4.69, 9.17) is 30.9 Å².